The molecule has 20 heavy (non-hydrogen) atoms. The average molecular weight is 278 g/mol. The van der Waals surface area contributed by atoms with E-state index in [1.807, 2.05) is 30.3 Å². The van der Waals surface area contributed by atoms with Crippen LogP contribution >= 0.6 is 0 Å². The second-order valence-corrected chi connectivity index (χ2v) is 3.90. The minimum absolute atomic E-state index is 0.479. The van der Waals surface area contributed by atoms with Gasteiger partial charge in [-0.3, -0.25) is 0 Å². The van der Waals surface area contributed by atoms with Gasteiger partial charge >= 0.3 is 0 Å². The molecule has 4 nitrogen and oxygen atoms in total. The van der Waals surface area contributed by atoms with Gasteiger partial charge in [-0.05, 0) is 0 Å². The second kappa shape index (κ2) is 11.1. The van der Waals surface area contributed by atoms with E-state index < -0.39 is 0 Å². The fourth-order valence-corrected chi connectivity index (χ4v) is 1.44. The third-order valence-corrected chi connectivity index (χ3v) is 2.44. The number of benzene rings is 1. The topological polar surface area (TPSA) is 36.9 Å². The number of hydrogen-bond acceptors (Lipinski definition) is 4. The lowest BCUT2D eigenvalue weighted by Gasteiger charge is -2.10. The summed E-state index contributed by atoms with van der Waals surface area (Å²) in [5.41, 5.74) is 0.984. The van der Waals surface area contributed by atoms with Gasteiger partial charge in [-0.2, -0.15) is 0 Å². The molecule has 0 spiro atoms. The molecule has 0 bridgehead atoms. The van der Waals surface area contributed by atoms with Crippen molar-refractivity contribution in [2.24, 2.45) is 0 Å². The Labute approximate surface area is 120 Å². The quantitative estimate of drug-likeness (QED) is 0.435. The van der Waals surface area contributed by atoms with Gasteiger partial charge in [0.05, 0.1) is 32.7 Å². The van der Waals surface area contributed by atoms with Gasteiger partial charge in [0.1, 0.15) is 19.0 Å². The lowest BCUT2D eigenvalue weighted by atomic mass is 10.2. The summed E-state index contributed by atoms with van der Waals surface area (Å²) in [4.78, 5) is 0. The van der Waals surface area contributed by atoms with Crippen LogP contribution in [0.25, 0.3) is 5.76 Å². The largest absolute Gasteiger partial charge is 0.499 e. The zero-order valence-corrected chi connectivity index (χ0v) is 11.8. The van der Waals surface area contributed by atoms with Crippen LogP contribution in [0.5, 0.6) is 0 Å². The standard InChI is InChI=1S/C16H22O4/c1-3-17-9-10-18-11-12-19-13-14-20-15(2)16-7-5-4-6-8-16/h3-8H,1-2,9-14H2. The number of rotatable bonds is 12. The Kier molecular flexibility index (Phi) is 9.02. The molecule has 0 aliphatic carbocycles. The maximum atomic E-state index is 5.50. The summed E-state index contributed by atoms with van der Waals surface area (Å²) in [7, 11) is 0. The van der Waals surface area contributed by atoms with E-state index in [2.05, 4.69) is 13.2 Å². The Bertz CT molecular complexity index is 375. The average Bonchev–Trinajstić information content (AvgIpc) is 2.50. The summed E-state index contributed by atoms with van der Waals surface area (Å²) in [6, 6.07) is 9.78. The fourth-order valence-electron chi connectivity index (χ4n) is 1.44. The van der Waals surface area contributed by atoms with Crippen LogP contribution in [0.4, 0.5) is 0 Å². The zero-order chi connectivity index (χ0) is 14.5. The van der Waals surface area contributed by atoms with Crippen molar-refractivity contribution >= 4 is 5.76 Å². The highest BCUT2D eigenvalue weighted by atomic mass is 16.6. The van der Waals surface area contributed by atoms with Crippen LogP contribution in [0.3, 0.4) is 0 Å². The highest BCUT2D eigenvalue weighted by molar-refractivity contribution is 5.56. The predicted octanol–water partition coefficient (Wildman–Crippen LogP) is 2.87. The minimum Gasteiger partial charge on any atom is -0.499 e. The van der Waals surface area contributed by atoms with Gasteiger partial charge in [0, 0.05) is 5.56 Å². The lowest BCUT2D eigenvalue weighted by molar-refractivity contribution is 0.0203. The van der Waals surface area contributed by atoms with E-state index >= 15 is 0 Å². The second-order valence-electron chi connectivity index (χ2n) is 3.90. The zero-order valence-electron chi connectivity index (χ0n) is 11.8. The van der Waals surface area contributed by atoms with Crippen LogP contribution < -0.4 is 0 Å². The van der Waals surface area contributed by atoms with Crippen molar-refractivity contribution in [2.75, 3.05) is 39.6 Å². The first-order valence-electron chi connectivity index (χ1n) is 6.59. The van der Waals surface area contributed by atoms with Crippen LogP contribution in [0.2, 0.25) is 0 Å². The van der Waals surface area contributed by atoms with Crippen LogP contribution in [-0.4, -0.2) is 39.6 Å². The van der Waals surface area contributed by atoms with Crippen LogP contribution in [-0.2, 0) is 18.9 Å². The molecule has 0 aliphatic rings. The molecule has 1 aromatic rings. The molecule has 110 valence electrons. The lowest BCUT2D eigenvalue weighted by Crippen LogP contribution is -2.10. The molecular weight excluding hydrogens is 256 g/mol. The van der Waals surface area contributed by atoms with E-state index in [1.54, 1.807) is 0 Å². The first kappa shape index (κ1) is 16.3. The molecular formula is C16H22O4. The molecule has 0 unspecified atom stereocenters. The van der Waals surface area contributed by atoms with E-state index in [1.165, 1.54) is 6.26 Å². The normalized spacial score (nSPS) is 10.0. The van der Waals surface area contributed by atoms with Crippen molar-refractivity contribution in [2.45, 2.75) is 0 Å². The molecule has 0 saturated carbocycles. The SMILES string of the molecule is C=COCCOCCOCCOC(=C)c1ccccc1. The van der Waals surface area contributed by atoms with Gasteiger partial charge in [0.2, 0.25) is 0 Å². The summed E-state index contributed by atoms with van der Waals surface area (Å²) in [6.45, 7) is 10.4. The monoisotopic (exact) mass is 278 g/mol. The highest BCUT2D eigenvalue weighted by Gasteiger charge is 1.98. The molecule has 0 heterocycles. The van der Waals surface area contributed by atoms with Crippen LogP contribution in [0, 0.1) is 0 Å². The molecule has 4 heteroatoms. The Morgan fingerprint density at radius 2 is 1.50 bits per heavy atom. The Hall–Kier alpha value is -1.78. The molecule has 0 atom stereocenters. The fraction of sp³-hybridized carbons (Fsp3) is 0.375. The molecule has 0 radical (unpaired) electrons. The Morgan fingerprint density at radius 3 is 2.15 bits per heavy atom. The van der Waals surface area contributed by atoms with Gasteiger partial charge in [-0.15, -0.1) is 0 Å². The molecule has 0 saturated heterocycles. The summed E-state index contributed by atoms with van der Waals surface area (Å²) in [5.74, 6) is 0.659. The van der Waals surface area contributed by atoms with Crippen molar-refractivity contribution in [1.29, 1.82) is 0 Å². The van der Waals surface area contributed by atoms with Crippen LogP contribution in [0.1, 0.15) is 5.56 Å². The molecule has 1 rings (SSSR count). The van der Waals surface area contributed by atoms with E-state index in [0.717, 1.165) is 5.56 Å². The van der Waals surface area contributed by atoms with Crippen molar-refractivity contribution in [1.82, 2.24) is 0 Å². The van der Waals surface area contributed by atoms with Crippen molar-refractivity contribution in [3.63, 3.8) is 0 Å². The molecule has 1 aromatic carbocycles. The van der Waals surface area contributed by atoms with E-state index in [9.17, 15) is 0 Å². The molecule has 0 fully saturated rings. The van der Waals surface area contributed by atoms with Crippen molar-refractivity contribution in [3.8, 4) is 0 Å². The minimum atomic E-state index is 0.479. The smallest absolute Gasteiger partial charge is 0.119 e. The highest BCUT2D eigenvalue weighted by Crippen LogP contribution is 2.12. The molecule has 0 aliphatic heterocycles. The van der Waals surface area contributed by atoms with Gasteiger partial charge < -0.3 is 18.9 Å². The molecule has 0 aromatic heterocycles. The number of ether oxygens (including phenoxy) is 4. The van der Waals surface area contributed by atoms with Gasteiger partial charge in [-0.25, -0.2) is 0 Å². The molecule has 0 N–H and O–H groups in total. The van der Waals surface area contributed by atoms with Crippen LogP contribution in [0.15, 0.2) is 49.8 Å². The first-order chi connectivity index (χ1) is 9.84. The van der Waals surface area contributed by atoms with Gasteiger partial charge in [0.15, 0.2) is 0 Å². The van der Waals surface area contributed by atoms with Crippen molar-refractivity contribution < 1.29 is 18.9 Å². The summed E-state index contributed by atoms with van der Waals surface area (Å²) in [5, 5.41) is 0. The molecule has 0 amide bonds. The third kappa shape index (κ3) is 7.61. The summed E-state index contributed by atoms with van der Waals surface area (Å²) >= 11 is 0. The van der Waals surface area contributed by atoms with Gasteiger partial charge in [-0.1, -0.05) is 43.5 Å². The predicted molar refractivity (Wildman–Crippen MR) is 79.2 cm³/mol. The Balaban J connectivity index is 1.92. The first-order valence-corrected chi connectivity index (χ1v) is 6.59. The number of hydrogen-bond donors (Lipinski definition) is 0. The van der Waals surface area contributed by atoms with Gasteiger partial charge in [0.25, 0.3) is 0 Å². The van der Waals surface area contributed by atoms with E-state index in [4.69, 9.17) is 18.9 Å². The van der Waals surface area contributed by atoms with Crippen molar-refractivity contribution in [3.05, 3.63) is 55.3 Å². The maximum absolute atomic E-state index is 5.50. The summed E-state index contributed by atoms with van der Waals surface area (Å²) in [6.07, 6.45) is 1.40. The van der Waals surface area contributed by atoms with E-state index in [-0.39, 0.29) is 0 Å². The Morgan fingerprint density at radius 1 is 0.900 bits per heavy atom. The van der Waals surface area contributed by atoms with E-state index in [0.29, 0.717) is 45.4 Å². The summed E-state index contributed by atoms with van der Waals surface area (Å²) < 4.78 is 21.1. The maximum Gasteiger partial charge on any atom is 0.119 e. The third-order valence-electron chi connectivity index (χ3n) is 2.44.